The molecule has 1 aromatic heterocycles. The molecule has 0 aliphatic carbocycles. The number of ether oxygens (including phenoxy) is 1. The molecule has 3 rings (SSSR count). The average Bonchev–Trinajstić information content (AvgIpc) is 3.22. The standard InChI is InChI=1S/C22H22N6O3/c1-22(2,3)28-19(25-14-26-28)13-24-20(29)21(30)27-16-5-4-6-18(11-16)31-17-9-7-15(12-23)8-10-17/h4-11,14H,13H2,1-3H3,(H,24,29)(H,27,30). The topological polar surface area (TPSA) is 122 Å². The number of nitriles is 1. The summed E-state index contributed by atoms with van der Waals surface area (Å²) in [5.74, 6) is -0.0324. The Morgan fingerprint density at radius 2 is 1.84 bits per heavy atom. The van der Waals surface area contributed by atoms with Gasteiger partial charge in [-0.2, -0.15) is 10.4 Å². The third-order valence-electron chi connectivity index (χ3n) is 4.18. The molecule has 3 aromatic rings. The Morgan fingerprint density at radius 3 is 2.52 bits per heavy atom. The van der Waals surface area contributed by atoms with Crippen molar-refractivity contribution in [1.29, 1.82) is 5.26 Å². The normalized spacial score (nSPS) is 10.8. The number of carbonyl (C=O) groups is 2. The summed E-state index contributed by atoms with van der Waals surface area (Å²) in [6.45, 7) is 5.97. The van der Waals surface area contributed by atoms with Crippen molar-refractivity contribution in [3.63, 3.8) is 0 Å². The predicted octanol–water partition coefficient (Wildman–Crippen LogP) is 2.95. The molecule has 0 aliphatic rings. The number of hydrogen-bond acceptors (Lipinski definition) is 6. The largest absolute Gasteiger partial charge is 0.457 e. The Balaban J connectivity index is 1.58. The third kappa shape index (κ3) is 5.67. The fraction of sp³-hybridized carbons (Fsp3) is 0.227. The molecule has 0 aliphatic heterocycles. The van der Waals surface area contributed by atoms with Gasteiger partial charge in [-0.05, 0) is 57.2 Å². The van der Waals surface area contributed by atoms with Crippen LogP contribution in [-0.2, 0) is 21.7 Å². The molecule has 0 radical (unpaired) electrons. The van der Waals surface area contributed by atoms with Crippen molar-refractivity contribution in [3.05, 3.63) is 66.2 Å². The first-order chi connectivity index (χ1) is 14.8. The van der Waals surface area contributed by atoms with Crippen molar-refractivity contribution in [1.82, 2.24) is 20.1 Å². The molecule has 9 nitrogen and oxygen atoms in total. The highest BCUT2D eigenvalue weighted by Crippen LogP contribution is 2.24. The van der Waals surface area contributed by atoms with E-state index in [9.17, 15) is 9.59 Å². The molecule has 2 amide bonds. The van der Waals surface area contributed by atoms with Crippen LogP contribution < -0.4 is 15.4 Å². The molecule has 0 atom stereocenters. The number of aromatic nitrogens is 3. The van der Waals surface area contributed by atoms with E-state index in [0.29, 0.717) is 28.6 Å². The molecule has 0 saturated carbocycles. The maximum absolute atomic E-state index is 12.3. The lowest BCUT2D eigenvalue weighted by atomic mass is 10.1. The number of hydrogen-bond donors (Lipinski definition) is 2. The maximum Gasteiger partial charge on any atom is 0.313 e. The average molecular weight is 418 g/mol. The number of amides is 2. The number of benzene rings is 2. The fourth-order valence-corrected chi connectivity index (χ4v) is 2.74. The molecule has 0 bridgehead atoms. The van der Waals surface area contributed by atoms with E-state index in [2.05, 4.69) is 20.7 Å². The summed E-state index contributed by atoms with van der Waals surface area (Å²) in [6, 6.07) is 15.3. The summed E-state index contributed by atoms with van der Waals surface area (Å²) in [5, 5.41) is 18.1. The molecule has 2 N–H and O–H groups in total. The smallest absolute Gasteiger partial charge is 0.313 e. The van der Waals surface area contributed by atoms with E-state index in [0.717, 1.165) is 0 Å². The van der Waals surface area contributed by atoms with E-state index in [1.165, 1.54) is 6.33 Å². The molecule has 158 valence electrons. The minimum atomic E-state index is -0.808. The van der Waals surface area contributed by atoms with Crippen LogP contribution in [0.5, 0.6) is 11.5 Å². The van der Waals surface area contributed by atoms with Crippen molar-refractivity contribution in [2.24, 2.45) is 0 Å². The van der Waals surface area contributed by atoms with Crippen molar-refractivity contribution < 1.29 is 14.3 Å². The van der Waals surface area contributed by atoms with Gasteiger partial charge >= 0.3 is 11.8 Å². The van der Waals surface area contributed by atoms with Gasteiger partial charge in [-0.15, -0.1) is 0 Å². The molecule has 0 unspecified atom stereocenters. The van der Waals surface area contributed by atoms with Crippen LogP contribution in [-0.4, -0.2) is 26.6 Å². The van der Waals surface area contributed by atoms with Crippen LogP contribution >= 0.6 is 0 Å². The Labute approximate surface area is 179 Å². The van der Waals surface area contributed by atoms with Gasteiger partial charge in [-0.25, -0.2) is 9.67 Å². The minimum Gasteiger partial charge on any atom is -0.457 e. The SMILES string of the molecule is CC(C)(C)n1ncnc1CNC(=O)C(=O)Nc1cccc(Oc2ccc(C#N)cc2)c1. The van der Waals surface area contributed by atoms with E-state index in [-0.39, 0.29) is 12.1 Å². The van der Waals surface area contributed by atoms with Gasteiger partial charge < -0.3 is 15.4 Å². The molecule has 31 heavy (non-hydrogen) atoms. The Bertz CT molecular complexity index is 1120. The van der Waals surface area contributed by atoms with E-state index >= 15 is 0 Å². The Morgan fingerprint density at radius 1 is 1.10 bits per heavy atom. The molecular weight excluding hydrogens is 396 g/mol. The first-order valence-corrected chi connectivity index (χ1v) is 9.53. The second-order valence-electron chi connectivity index (χ2n) is 7.66. The predicted molar refractivity (Wildman–Crippen MR) is 113 cm³/mol. The van der Waals surface area contributed by atoms with Gasteiger partial charge in [0.25, 0.3) is 0 Å². The molecule has 0 saturated heterocycles. The first kappa shape index (κ1) is 21.5. The van der Waals surface area contributed by atoms with Crippen LogP contribution in [0.15, 0.2) is 54.9 Å². The number of nitrogens with one attached hydrogen (secondary N) is 2. The van der Waals surface area contributed by atoms with E-state index in [1.807, 2.05) is 26.8 Å². The lowest BCUT2D eigenvalue weighted by molar-refractivity contribution is -0.136. The molecule has 0 spiro atoms. The first-order valence-electron chi connectivity index (χ1n) is 9.53. The van der Waals surface area contributed by atoms with Crippen molar-refractivity contribution >= 4 is 17.5 Å². The highest BCUT2D eigenvalue weighted by Gasteiger charge is 2.20. The summed E-state index contributed by atoms with van der Waals surface area (Å²) in [4.78, 5) is 28.6. The lowest BCUT2D eigenvalue weighted by Gasteiger charge is -2.21. The zero-order valence-electron chi connectivity index (χ0n) is 17.4. The van der Waals surface area contributed by atoms with E-state index in [1.54, 1.807) is 53.2 Å². The van der Waals surface area contributed by atoms with Crippen LogP contribution in [0.2, 0.25) is 0 Å². The summed E-state index contributed by atoms with van der Waals surface area (Å²) >= 11 is 0. The van der Waals surface area contributed by atoms with Crippen molar-refractivity contribution in [3.8, 4) is 17.6 Å². The minimum absolute atomic E-state index is 0.0748. The van der Waals surface area contributed by atoms with Gasteiger partial charge in [-0.3, -0.25) is 9.59 Å². The zero-order chi connectivity index (χ0) is 22.4. The van der Waals surface area contributed by atoms with Gasteiger partial charge in [0.2, 0.25) is 0 Å². The van der Waals surface area contributed by atoms with E-state index < -0.39 is 11.8 Å². The quantitative estimate of drug-likeness (QED) is 0.614. The van der Waals surface area contributed by atoms with Gasteiger partial charge in [0.05, 0.1) is 23.7 Å². The number of rotatable bonds is 5. The number of nitrogens with zero attached hydrogens (tertiary/aromatic N) is 4. The van der Waals surface area contributed by atoms with Gasteiger partial charge in [0, 0.05) is 11.8 Å². The third-order valence-corrected chi connectivity index (χ3v) is 4.18. The Kier molecular flexibility index (Phi) is 6.31. The van der Waals surface area contributed by atoms with Gasteiger partial charge in [-0.1, -0.05) is 6.07 Å². The summed E-state index contributed by atoms with van der Waals surface area (Å²) in [5.41, 5.74) is 0.637. The van der Waals surface area contributed by atoms with Crippen LogP contribution in [0.4, 0.5) is 5.69 Å². The lowest BCUT2D eigenvalue weighted by Crippen LogP contribution is -2.36. The van der Waals surface area contributed by atoms with E-state index in [4.69, 9.17) is 10.00 Å². The molecular formula is C22H22N6O3. The van der Waals surface area contributed by atoms with Crippen molar-refractivity contribution in [2.45, 2.75) is 32.9 Å². The summed E-state index contributed by atoms with van der Waals surface area (Å²) in [7, 11) is 0. The highest BCUT2D eigenvalue weighted by molar-refractivity contribution is 6.39. The van der Waals surface area contributed by atoms with Crippen LogP contribution in [0.3, 0.4) is 0 Å². The Hall–Kier alpha value is -4.19. The van der Waals surface area contributed by atoms with Gasteiger partial charge in [0.1, 0.15) is 23.7 Å². The summed E-state index contributed by atoms with van der Waals surface area (Å²) < 4.78 is 7.41. The molecule has 9 heteroatoms. The second kappa shape index (κ2) is 9.09. The monoisotopic (exact) mass is 418 g/mol. The van der Waals surface area contributed by atoms with Crippen LogP contribution in [0.25, 0.3) is 0 Å². The molecule has 2 aromatic carbocycles. The maximum atomic E-state index is 12.3. The highest BCUT2D eigenvalue weighted by atomic mass is 16.5. The van der Waals surface area contributed by atoms with Gasteiger partial charge in [0.15, 0.2) is 0 Å². The summed E-state index contributed by atoms with van der Waals surface area (Å²) in [6.07, 6.45) is 1.41. The number of carbonyl (C=O) groups excluding carboxylic acids is 2. The van der Waals surface area contributed by atoms with Crippen molar-refractivity contribution in [2.75, 3.05) is 5.32 Å². The fourth-order valence-electron chi connectivity index (χ4n) is 2.74. The second-order valence-corrected chi connectivity index (χ2v) is 7.66. The van der Waals surface area contributed by atoms with Crippen LogP contribution in [0.1, 0.15) is 32.2 Å². The number of anilines is 1. The molecule has 0 fully saturated rings. The molecule has 1 heterocycles. The van der Waals surface area contributed by atoms with Crippen LogP contribution in [0, 0.1) is 11.3 Å². The zero-order valence-corrected chi connectivity index (χ0v) is 17.4.